The molecule has 0 unspecified atom stereocenters. The van der Waals surface area contributed by atoms with Gasteiger partial charge in [0, 0.05) is 31.4 Å². The van der Waals surface area contributed by atoms with Crippen molar-refractivity contribution in [2.24, 2.45) is 0 Å². The summed E-state index contributed by atoms with van der Waals surface area (Å²) in [4.78, 5) is 51.1. The zero-order chi connectivity index (χ0) is 21.8. The standard InChI is InChI=1S/C22H23N3O5/c1-14-6-11-17-18(13-14)21(28)25(20(17)27)12-4-5-19(26)23-15-7-9-16(10-8-15)24(2)22(29)30-3/h6-11,13H,4-5,12H2,1-3H3,(H,23,26). The number of nitrogens with one attached hydrogen (secondary N) is 1. The third-order valence-electron chi connectivity index (χ3n) is 4.90. The van der Waals surface area contributed by atoms with E-state index in [0.717, 1.165) is 5.56 Å². The average molecular weight is 409 g/mol. The van der Waals surface area contributed by atoms with Gasteiger partial charge in [0.15, 0.2) is 0 Å². The van der Waals surface area contributed by atoms with Crippen LogP contribution in [0.4, 0.5) is 16.2 Å². The third-order valence-corrected chi connectivity index (χ3v) is 4.90. The number of benzene rings is 2. The molecule has 0 atom stereocenters. The maximum Gasteiger partial charge on any atom is 0.413 e. The molecule has 0 saturated carbocycles. The molecule has 4 amide bonds. The van der Waals surface area contributed by atoms with E-state index in [9.17, 15) is 19.2 Å². The van der Waals surface area contributed by atoms with Gasteiger partial charge in [0.05, 0.1) is 18.2 Å². The SMILES string of the molecule is COC(=O)N(C)c1ccc(NC(=O)CCCN2C(=O)c3ccc(C)cc3C2=O)cc1. The Morgan fingerprint density at radius 2 is 1.70 bits per heavy atom. The summed E-state index contributed by atoms with van der Waals surface area (Å²) >= 11 is 0. The number of aryl methyl sites for hydroxylation is 1. The number of carbonyl (C=O) groups excluding carboxylic acids is 4. The van der Waals surface area contributed by atoms with Crippen LogP contribution in [0.3, 0.4) is 0 Å². The number of hydrogen-bond donors (Lipinski definition) is 1. The lowest BCUT2D eigenvalue weighted by atomic mass is 10.1. The predicted molar refractivity (Wildman–Crippen MR) is 112 cm³/mol. The first-order valence-corrected chi connectivity index (χ1v) is 9.50. The highest BCUT2D eigenvalue weighted by atomic mass is 16.5. The Morgan fingerprint density at radius 1 is 1.03 bits per heavy atom. The van der Waals surface area contributed by atoms with Gasteiger partial charge < -0.3 is 10.1 Å². The molecule has 1 heterocycles. The molecule has 8 heteroatoms. The minimum absolute atomic E-state index is 0.163. The lowest BCUT2D eigenvalue weighted by molar-refractivity contribution is -0.116. The molecule has 156 valence electrons. The van der Waals surface area contributed by atoms with E-state index in [2.05, 4.69) is 10.1 Å². The fourth-order valence-corrected chi connectivity index (χ4v) is 3.24. The first kappa shape index (κ1) is 21.0. The van der Waals surface area contributed by atoms with Crippen LogP contribution >= 0.6 is 0 Å². The summed E-state index contributed by atoms with van der Waals surface area (Å²) < 4.78 is 4.65. The van der Waals surface area contributed by atoms with Crippen molar-refractivity contribution < 1.29 is 23.9 Å². The van der Waals surface area contributed by atoms with Crippen LogP contribution in [0.2, 0.25) is 0 Å². The summed E-state index contributed by atoms with van der Waals surface area (Å²) in [5, 5.41) is 2.76. The van der Waals surface area contributed by atoms with Gasteiger partial charge in [0.2, 0.25) is 5.91 Å². The predicted octanol–water partition coefficient (Wildman–Crippen LogP) is 3.21. The van der Waals surface area contributed by atoms with Gasteiger partial charge in [-0.05, 0) is 49.7 Å². The van der Waals surface area contributed by atoms with Crippen LogP contribution in [0.15, 0.2) is 42.5 Å². The van der Waals surface area contributed by atoms with Gasteiger partial charge in [-0.2, -0.15) is 0 Å². The van der Waals surface area contributed by atoms with Crippen LogP contribution < -0.4 is 10.2 Å². The molecule has 0 saturated heterocycles. The minimum Gasteiger partial charge on any atom is -0.452 e. The number of anilines is 2. The molecular weight excluding hydrogens is 386 g/mol. The van der Waals surface area contributed by atoms with E-state index in [1.807, 2.05) is 6.92 Å². The molecule has 1 aliphatic rings. The van der Waals surface area contributed by atoms with Gasteiger partial charge in [0.25, 0.3) is 11.8 Å². The number of amides is 4. The lowest BCUT2D eigenvalue weighted by Crippen LogP contribution is -2.31. The normalized spacial score (nSPS) is 12.6. The summed E-state index contributed by atoms with van der Waals surface area (Å²) in [6.07, 6.45) is 0.0329. The number of methoxy groups -OCH3 is 1. The minimum atomic E-state index is -0.491. The van der Waals surface area contributed by atoms with Gasteiger partial charge in [-0.3, -0.25) is 24.2 Å². The molecule has 3 rings (SSSR count). The smallest absolute Gasteiger partial charge is 0.413 e. The van der Waals surface area contributed by atoms with E-state index in [1.165, 1.54) is 16.9 Å². The number of imide groups is 1. The van der Waals surface area contributed by atoms with Gasteiger partial charge in [-0.15, -0.1) is 0 Å². The maximum atomic E-state index is 12.5. The Morgan fingerprint density at radius 3 is 2.37 bits per heavy atom. The van der Waals surface area contributed by atoms with Crippen molar-refractivity contribution >= 4 is 35.2 Å². The molecule has 0 aromatic heterocycles. The monoisotopic (exact) mass is 409 g/mol. The van der Waals surface area contributed by atoms with Crippen molar-refractivity contribution in [2.45, 2.75) is 19.8 Å². The number of rotatable bonds is 6. The Bertz CT molecular complexity index is 1000. The van der Waals surface area contributed by atoms with Crippen molar-refractivity contribution in [2.75, 3.05) is 30.9 Å². The second-order valence-corrected chi connectivity index (χ2v) is 7.04. The fourth-order valence-electron chi connectivity index (χ4n) is 3.24. The van der Waals surface area contributed by atoms with Crippen molar-refractivity contribution in [3.05, 3.63) is 59.2 Å². The maximum absolute atomic E-state index is 12.5. The number of carbonyl (C=O) groups is 4. The Kier molecular flexibility index (Phi) is 6.15. The molecule has 0 spiro atoms. The zero-order valence-electron chi connectivity index (χ0n) is 17.1. The van der Waals surface area contributed by atoms with E-state index in [1.54, 1.807) is 49.5 Å². The topological polar surface area (TPSA) is 96.0 Å². The van der Waals surface area contributed by atoms with Crippen molar-refractivity contribution in [1.82, 2.24) is 4.90 Å². The molecule has 2 aromatic rings. The van der Waals surface area contributed by atoms with E-state index in [4.69, 9.17) is 0 Å². The van der Waals surface area contributed by atoms with Crippen molar-refractivity contribution in [3.8, 4) is 0 Å². The first-order chi connectivity index (χ1) is 14.3. The number of nitrogens with zero attached hydrogens (tertiary/aromatic N) is 2. The summed E-state index contributed by atoms with van der Waals surface area (Å²) in [6, 6.07) is 11.9. The van der Waals surface area contributed by atoms with Gasteiger partial charge >= 0.3 is 6.09 Å². The van der Waals surface area contributed by atoms with Crippen LogP contribution in [0.5, 0.6) is 0 Å². The highest BCUT2D eigenvalue weighted by Gasteiger charge is 2.34. The lowest BCUT2D eigenvalue weighted by Gasteiger charge is -2.16. The third kappa shape index (κ3) is 4.32. The first-order valence-electron chi connectivity index (χ1n) is 9.50. The Balaban J connectivity index is 1.50. The quantitative estimate of drug-likeness (QED) is 0.739. The molecule has 1 aliphatic heterocycles. The molecule has 8 nitrogen and oxygen atoms in total. The summed E-state index contributed by atoms with van der Waals surface area (Å²) in [5.41, 5.74) is 2.95. The van der Waals surface area contributed by atoms with Gasteiger partial charge in [-0.25, -0.2) is 4.79 Å². The van der Waals surface area contributed by atoms with E-state index >= 15 is 0 Å². The van der Waals surface area contributed by atoms with Crippen LogP contribution in [-0.2, 0) is 9.53 Å². The average Bonchev–Trinajstić information content (AvgIpc) is 2.97. The molecule has 0 bridgehead atoms. The van der Waals surface area contributed by atoms with Crippen LogP contribution in [-0.4, -0.2) is 49.4 Å². The summed E-state index contributed by atoms with van der Waals surface area (Å²) in [7, 11) is 2.89. The van der Waals surface area contributed by atoms with Crippen LogP contribution in [0, 0.1) is 6.92 Å². The van der Waals surface area contributed by atoms with E-state index < -0.39 is 6.09 Å². The second kappa shape index (κ2) is 8.77. The Hall–Kier alpha value is -3.68. The molecule has 0 fully saturated rings. The molecule has 0 aliphatic carbocycles. The highest BCUT2D eigenvalue weighted by Crippen LogP contribution is 2.24. The molecular formula is C22H23N3O5. The molecule has 1 N–H and O–H groups in total. The fraction of sp³-hybridized carbons (Fsp3) is 0.273. The van der Waals surface area contributed by atoms with Crippen LogP contribution in [0.25, 0.3) is 0 Å². The second-order valence-electron chi connectivity index (χ2n) is 7.04. The Labute approximate surface area is 174 Å². The molecule has 0 radical (unpaired) electrons. The highest BCUT2D eigenvalue weighted by molar-refractivity contribution is 6.21. The number of hydrogen-bond acceptors (Lipinski definition) is 5. The van der Waals surface area contributed by atoms with Crippen molar-refractivity contribution in [3.63, 3.8) is 0 Å². The van der Waals surface area contributed by atoms with Crippen molar-refractivity contribution in [1.29, 1.82) is 0 Å². The number of ether oxygens (including phenoxy) is 1. The van der Waals surface area contributed by atoms with Gasteiger partial charge in [-0.1, -0.05) is 11.6 Å². The number of fused-ring (bicyclic) bond motifs is 1. The zero-order valence-corrected chi connectivity index (χ0v) is 17.1. The van der Waals surface area contributed by atoms with E-state index in [-0.39, 0.29) is 30.7 Å². The summed E-state index contributed by atoms with van der Waals surface area (Å²) in [5.74, 6) is -0.860. The molecule has 2 aromatic carbocycles. The summed E-state index contributed by atoms with van der Waals surface area (Å²) in [6.45, 7) is 2.05. The van der Waals surface area contributed by atoms with Gasteiger partial charge in [0.1, 0.15) is 0 Å². The van der Waals surface area contributed by atoms with E-state index in [0.29, 0.717) is 28.9 Å². The molecule has 30 heavy (non-hydrogen) atoms. The van der Waals surface area contributed by atoms with Crippen LogP contribution in [0.1, 0.15) is 39.1 Å². The largest absolute Gasteiger partial charge is 0.452 e.